The Morgan fingerprint density at radius 2 is 2.38 bits per heavy atom. The van der Waals surface area contributed by atoms with Gasteiger partial charge in [-0.1, -0.05) is 17.7 Å². The first-order valence-electron chi connectivity index (χ1n) is 4.55. The van der Waals surface area contributed by atoms with Crippen molar-refractivity contribution >= 4 is 28.8 Å². The van der Waals surface area contributed by atoms with E-state index in [1.807, 2.05) is 5.38 Å². The van der Waals surface area contributed by atoms with Gasteiger partial charge in [0.25, 0.3) is 5.91 Å². The maximum absolute atomic E-state index is 11.6. The number of aromatic nitrogens is 2. The minimum atomic E-state index is -0.252. The predicted molar refractivity (Wildman–Crippen MR) is 62.5 cm³/mol. The number of carbonyl (C=O) groups excluding carboxylic acids is 1. The van der Waals surface area contributed by atoms with Gasteiger partial charge in [0, 0.05) is 11.6 Å². The van der Waals surface area contributed by atoms with E-state index >= 15 is 0 Å². The lowest BCUT2D eigenvalue weighted by Crippen LogP contribution is -2.23. The predicted octanol–water partition coefficient (Wildman–Crippen LogP) is 2.12. The third-order valence-electron chi connectivity index (χ3n) is 1.83. The minimum absolute atomic E-state index is 0.252. The standard InChI is InChI=1S/C10H8ClN3OS/c11-8-3-1-2-7(14-8)10(15)13-6-9-12-4-5-16-9/h1-5H,6H2,(H,13,15). The number of nitrogens with one attached hydrogen (secondary N) is 1. The highest BCUT2D eigenvalue weighted by Gasteiger charge is 2.07. The number of hydrogen-bond donors (Lipinski definition) is 1. The smallest absolute Gasteiger partial charge is 0.270 e. The minimum Gasteiger partial charge on any atom is -0.344 e. The molecule has 0 bridgehead atoms. The zero-order valence-corrected chi connectivity index (χ0v) is 9.76. The van der Waals surface area contributed by atoms with E-state index in [0.29, 0.717) is 17.4 Å². The van der Waals surface area contributed by atoms with Crippen LogP contribution in [-0.2, 0) is 6.54 Å². The van der Waals surface area contributed by atoms with Crippen molar-refractivity contribution in [1.29, 1.82) is 0 Å². The molecule has 4 nitrogen and oxygen atoms in total. The molecule has 0 radical (unpaired) electrons. The Morgan fingerprint density at radius 3 is 3.06 bits per heavy atom. The molecule has 0 fully saturated rings. The molecule has 2 heterocycles. The van der Waals surface area contributed by atoms with Crippen molar-refractivity contribution in [2.24, 2.45) is 0 Å². The van der Waals surface area contributed by atoms with Gasteiger partial charge in [-0.3, -0.25) is 4.79 Å². The van der Waals surface area contributed by atoms with Crippen LogP contribution in [0.3, 0.4) is 0 Å². The van der Waals surface area contributed by atoms with Crippen LogP contribution in [0.15, 0.2) is 29.8 Å². The molecule has 16 heavy (non-hydrogen) atoms. The molecular weight excluding hydrogens is 246 g/mol. The molecule has 0 saturated heterocycles. The average molecular weight is 254 g/mol. The number of rotatable bonds is 3. The molecule has 6 heteroatoms. The normalized spacial score (nSPS) is 10.1. The van der Waals surface area contributed by atoms with E-state index in [0.717, 1.165) is 5.01 Å². The molecular formula is C10H8ClN3OS. The third-order valence-corrected chi connectivity index (χ3v) is 2.82. The highest BCUT2D eigenvalue weighted by molar-refractivity contribution is 7.09. The summed E-state index contributed by atoms with van der Waals surface area (Å²) in [4.78, 5) is 19.6. The van der Waals surface area contributed by atoms with Crippen LogP contribution in [0.1, 0.15) is 15.5 Å². The summed E-state index contributed by atoms with van der Waals surface area (Å²) in [5.74, 6) is -0.252. The van der Waals surface area contributed by atoms with Crippen LogP contribution >= 0.6 is 22.9 Å². The lowest BCUT2D eigenvalue weighted by atomic mass is 10.3. The lowest BCUT2D eigenvalue weighted by Gasteiger charge is -2.02. The number of nitrogens with zero attached hydrogens (tertiary/aromatic N) is 2. The van der Waals surface area contributed by atoms with Crippen molar-refractivity contribution in [1.82, 2.24) is 15.3 Å². The van der Waals surface area contributed by atoms with Gasteiger partial charge in [0.15, 0.2) is 0 Å². The third kappa shape index (κ3) is 2.77. The van der Waals surface area contributed by atoms with Gasteiger partial charge in [0.1, 0.15) is 15.9 Å². The molecule has 0 saturated carbocycles. The Balaban J connectivity index is 1.98. The molecule has 0 aliphatic rings. The van der Waals surface area contributed by atoms with Crippen LogP contribution in [0.5, 0.6) is 0 Å². The van der Waals surface area contributed by atoms with E-state index in [1.165, 1.54) is 11.3 Å². The first-order valence-corrected chi connectivity index (χ1v) is 5.80. The van der Waals surface area contributed by atoms with Crippen molar-refractivity contribution < 1.29 is 4.79 Å². The number of halogens is 1. The summed E-state index contributed by atoms with van der Waals surface area (Å²) < 4.78 is 0. The van der Waals surface area contributed by atoms with Crippen molar-refractivity contribution in [3.8, 4) is 0 Å². The van der Waals surface area contributed by atoms with Gasteiger partial charge in [-0.2, -0.15) is 0 Å². The molecule has 82 valence electrons. The van der Waals surface area contributed by atoms with Crippen molar-refractivity contribution in [2.45, 2.75) is 6.54 Å². The Hall–Kier alpha value is -1.46. The summed E-state index contributed by atoms with van der Waals surface area (Å²) in [5.41, 5.74) is 0.309. The summed E-state index contributed by atoms with van der Waals surface area (Å²) >= 11 is 7.18. The van der Waals surface area contributed by atoms with E-state index in [-0.39, 0.29) is 5.91 Å². The Bertz CT molecular complexity index is 487. The fourth-order valence-electron chi connectivity index (χ4n) is 1.12. The largest absolute Gasteiger partial charge is 0.344 e. The summed E-state index contributed by atoms with van der Waals surface area (Å²) in [5, 5.41) is 5.74. The van der Waals surface area contributed by atoms with Crippen molar-refractivity contribution in [3.63, 3.8) is 0 Å². The van der Waals surface area contributed by atoms with Crippen LogP contribution in [-0.4, -0.2) is 15.9 Å². The second-order valence-electron chi connectivity index (χ2n) is 2.95. The summed E-state index contributed by atoms with van der Waals surface area (Å²) in [6.45, 7) is 0.407. The van der Waals surface area contributed by atoms with Gasteiger partial charge in [0.2, 0.25) is 0 Å². The first kappa shape index (κ1) is 11.0. The van der Waals surface area contributed by atoms with Gasteiger partial charge in [-0.05, 0) is 12.1 Å². The molecule has 0 spiro atoms. The fourth-order valence-corrected chi connectivity index (χ4v) is 1.84. The molecule has 2 aromatic heterocycles. The molecule has 1 amide bonds. The van der Waals surface area contributed by atoms with Crippen LogP contribution < -0.4 is 5.32 Å². The van der Waals surface area contributed by atoms with Gasteiger partial charge in [0.05, 0.1) is 6.54 Å². The summed E-state index contributed by atoms with van der Waals surface area (Å²) in [7, 11) is 0. The first-order chi connectivity index (χ1) is 7.75. The second-order valence-corrected chi connectivity index (χ2v) is 4.32. The SMILES string of the molecule is O=C(NCc1nccs1)c1cccc(Cl)n1. The van der Waals surface area contributed by atoms with Gasteiger partial charge in [-0.25, -0.2) is 9.97 Å². The number of hydrogen-bond acceptors (Lipinski definition) is 4. The van der Waals surface area contributed by atoms with Gasteiger partial charge < -0.3 is 5.32 Å². The second kappa shape index (κ2) is 5.05. The van der Waals surface area contributed by atoms with Crippen molar-refractivity contribution in [3.05, 3.63) is 45.6 Å². The molecule has 0 aliphatic carbocycles. The summed E-state index contributed by atoms with van der Waals surface area (Å²) in [6.07, 6.45) is 1.70. The molecule has 0 unspecified atom stereocenters. The van der Waals surface area contributed by atoms with Gasteiger partial charge in [-0.15, -0.1) is 11.3 Å². The molecule has 0 aromatic carbocycles. The fraction of sp³-hybridized carbons (Fsp3) is 0.100. The highest BCUT2D eigenvalue weighted by atomic mass is 35.5. The van der Waals surface area contributed by atoms with E-state index in [2.05, 4.69) is 15.3 Å². The quantitative estimate of drug-likeness (QED) is 0.853. The van der Waals surface area contributed by atoms with Crippen LogP contribution in [0.4, 0.5) is 0 Å². The van der Waals surface area contributed by atoms with Crippen molar-refractivity contribution in [2.75, 3.05) is 0 Å². The van der Waals surface area contributed by atoms with Gasteiger partial charge >= 0.3 is 0 Å². The Kier molecular flexibility index (Phi) is 3.48. The number of carbonyl (C=O) groups is 1. The van der Waals surface area contributed by atoms with E-state index in [1.54, 1.807) is 24.4 Å². The van der Waals surface area contributed by atoms with Crippen LogP contribution in [0.2, 0.25) is 5.15 Å². The molecule has 0 atom stereocenters. The molecule has 2 aromatic rings. The zero-order valence-electron chi connectivity index (χ0n) is 8.18. The zero-order chi connectivity index (χ0) is 11.4. The van der Waals surface area contributed by atoms with Crippen LogP contribution in [0.25, 0.3) is 0 Å². The highest BCUT2D eigenvalue weighted by Crippen LogP contribution is 2.06. The number of amides is 1. The monoisotopic (exact) mass is 253 g/mol. The van der Waals surface area contributed by atoms with Crippen LogP contribution in [0, 0.1) is 0 Å². The molecule has 2 rings (SSSR count). The topological polar surface area (TPSA) is 54.9 Å². The maximum atomic E-state index is 11.6. The maximum Gasteiger partial charge on any atom is 0.270 e. The Morgan fingerprint density at radius 1 is 1.50 bits per heavy atom. The Labute approximate surface area is 101 Å². The van der Waals surface area contributed by atoms with E-state index < -0.39 is 0 Å². The lowest BCUT2D eigenvalue weighted by molar-refractivity contribution is 0.0946. The summed E-state index contributed by atoms with van der Waals surface area (Å²) in [6, 6.07) is 4.93. The number of pyridine rings is 1. The molecule has 1 N–H and O–H groups in total. The molecule has 0 aliphatic heterocycles. The van der Waals surface area contributed by atoms with E-state index in [9.17, 15) is 4.79 Å². The van der Waals surface area contributed by atoms with E-state index in [4.69, 9.17) is 11.6 Å². The average Bonchev–Trinajstić information content (AvgIpc) is 2.78. The number of thiazole rings is 1.